The summed E-state index contributed by atoms with van der Waals surface area (Å²) in [6.07, 6.45) is 0.956. The number of aliphatic carboxylic acids is 1. The highest BCUT2D eigenvalue weighted by molar-refractivity contribution is 5.85. The van der Waals surface area contributed by atoms with Crippen LogP contribution < -0.4 is 0 Å². The number of rotatable bonds is 3. The van der Waals surface area contributed by atoms with Gasteiger partial charge in [0, 0.05) is 25.1 Å². The molecule has 22 heavy (non-hydrogen) atoms. The number of hydrogen-bond donors (Lipinski definition) is 1. The van der Waals surface area contributed by atoms with Gasteiger partial charge in [0.05, 0.1) is 5.41 Å². The van der Waals surface area contributed by atoms with Crippen LogP contribution >= 0.6 is 0 Å². The van der Waals surface area contributed by atoms with Gasteiger partial charge in [-0.25, -0.2) is 8.78 Å². The fourth-order valence-electron chi connectivity index (χ4n) is 3.17. The number of carboxylic acids is 1. The monoisotopic (exact) mass is 309 g/mol. The fraction of sp³-hybridized carbons (Fsp3) is 0.500. The van der Waals surface area contributed by atoms with Crippen LogP contribution in [0.4, 0.5) is 8.78 Å². The number of nitrogens with zero attached hydrogens (tertiary/aromatic N) is 1. The Morgan fingerprint density at radius 1 is 1.36 bits per heavy atom. The number of amides is 1. The fourth-order valence-corrected chi connectivity index (χ4v) is 3.17. The molecule has 1 aromatic carbocycles. The first-order chi connectivity index (χ1) is 10.3. The second kappa shape index (κ2) is 5.04. The normalized spacial score (nSPS) is 30.4. The quantitative estimate of drug-likeness (QED) is 0.932. The molecule has 4 nitrogen and oxygen atoms in total. The molecule has 0 bridgehead atoms. The Balaban J connectivity index is 1.68. The summed E-state index contributed by atoms with van der Waals surface area (Å²) in [5.74, 6) is -2.85. The predicted octanol–water partition coefficient (Wildman–Crippen LogP) is 2.39. The maximum Gasteiger partial charge on any atom is 0.311 e. The Hall–Kier alpha value is -1.98. The third-order valence-electron chi connectivity index (χ3n) is 4.77. The van der Waals surface area contributed by atoms with E-state index in [4.69, 9.17) is 0 Å². The molecule has 1 heterocycles. The van der Waals surface area contributed by atoms with Crippen LogP contribution in [0.5, 0.6) is 0 Å². The van der Waals surface area contributed by atoms with Gasteiger partial charge >= 0.3 is 5.97 Å². The van der Waals surface area contributed by atoms with E-state index in [0.717, 1.165) is 6.07 Å². The van der Waals surface area contributed by atoms with Crippen molar-refractivity contribution in [3.63, 3.8) is 0 Å². The Labute approximate surface area is 126 Å². The Kier molecular flexibility index (Phi) is 3.42. The van der Waals surface area contributed by atoms with E-state index in [9.17, 15) is 23.5 Å². The second-order valence-corrected chi connectivity index (χ2v) is 6.49. The molecule has 1 aliphatic heterocycles. The summed E-state index contributed by atoms with van der Waals surface area (Å²) in [5, 5.41) is 9.20. The molecule has 0 aromatic heterocycles. The molecular formula is C16H17F2NO3. The van der Waals surface area contributed by atoms with Crippen molar-refractivity contribution in [3.05, 3.63) is 35.4 Å². The standard InChI is InChI=1S/C16H17F2NO3/c1-16(15(21)22)4-5-19(8-16)14(20)12-7-11(12)10-3-2-9(17)6-13(10)18/h2-3,6,11-12H,4-5,7-8H2,1H3,(H,21,22)/t11-,12+,16+/m1/s1. The molecular weight excluding hydrogens is 292 g/mol. The number of carbonyl (C=O) groups is 2. The summed E-state index contributed by atoms with van der Waals surface area (Å²) in [4.78, 5) is 25.2. The lowest BCUT2D eigenvalue weighted by molar-refractivity contribution is -0.147. The predicted molar refractivity (Wildman–Crippen MR) is 74.1 cm³/mol. The summed E-state index contributed by atoms with van der Waals surface area (Å²) in [6, 6.07) is 3.40. The highest BCUT2D eigenvalue weighted by atomic mass is 19.1. The van der Waals surface area contributed by atoms with Crippen molar-refractivity contribution in [1.29, 1.82) is 0 Å². The number of halogens is 2. The molecule has 3 atom stereocenters. The van der Waals surface area contributed by atoms with Crippen LogP contribution in [0, 0.1) is 23.0 Å². The van der Waals surface area contributed by atoms with Gasteiger partial charge in [-0.3, -0.25) is 9.59 Å². The summed E-state index contributed by atoms with van der Waals surface area (Å²) in [7, 11) is 0. The topological polar surface area (TPSA) is 57.6 Å². The Bertz CT molecular complexity index is 648. The zero-order chi connectivity index (χ0) is 16.1. The number of carbonyl (C=O) groups excluding carboxylic acids is 1. The van der Waals surface area contributed by atoms with Crippen LogP contribution in [-0.4, -0.2) is 35.0 Å². The minimum atomic E-state index is -0.903. The molecule has 0 spiro atoms. The van der Waals surface area contributed by atoms with Crippen LogP contribution in [0.25, 0.3) is 0 Å². The highest BCUT2D eigenvalue weighted by Crippen LogP contribution is 2.50. The van der Waals surface area contributed by atoms with Gasteiger partial charge in [0.25, 0.3) is 0 Å². The van der Waals surface area contributed by atoms with E-state index in [2.05, 4.69) is 0 Å². The Morgan fingerprint density at radius 2 is 2.09 bits per heavy atom. The van der Waals surface area contributed by atoms with Gasteiger partial charge in [0.2, 0.25) is 5.91 Å². The zero-order valence-corrected chi connectivity index (χ0v) is 12.2. The van der Waals surface area contributed by atoms with Crippen molar-refractivity contribution in [2.75, 3.05) is 13.1 Å². The number of benzene rings is 1. The molecule has 1 aliphatic carbocycles. The number of carboxylic acid groups (broad SMARTS) is 1. The zero-order valence-electron chi connectivity index (χ0n) is 12.2. The first-order valence-electron chi connectivity index (χ1n) is 7.29. The van der Waals surface area contributed by atoms with Crippen molar-refractivity contribution in [1.82, 2.24) is 4.90 Å². The van der Waals surface area contributed by atoms with Crippen molar-refractivity contribution < 1.29 is 23.5 Å². The molecule has 1 saturated heterocycles. The lowest BCUT2D eigenvalue weighted by Crippen LogP contribution is -2.35. The van der Waals surface area contributed by atoms with Gasteiger partial charge < -0.3 is 10.0 Å². The molecule has 2 aliphatic rings. The molecule has 1 saturated carbocycles. The summed E-state index contributed by atoms with van der Waals surface area (Å²) >= 11 is 0. The minimum Gasteiger partial charge on any atom is -0.481 e. The molecule has 1 N–H and O–H groups in total. The van der Waals surface area contributed by atoms with Crippen LogP contribution in [0.2, 0.25) is 0 Å². The maximum absolute atomic E-state index is 13.7. The van der Waals surface area contributed by atoms with Gasteiger partial charge in [0.15, 0.2) is 0 Å². The van der Waals surface area contributed by atoms with Gasteiger partial charge in [-0.1, -0.05) is 6.07 Å². The second-order valence-electron chi connectivity index (χ2n) is 6.49. The Morgan fingerprint density at radius 3 is 2.68 bits per heavy atom. The van der Waals surface area contributed by atoms with Crippen molar-refractivity contribution in [2.45, 2.75) is 25.7 Å². The van der Waals surface area contributed by atoms with Crippen molar-refractivity contribution in [3.8, 4) is 0 Å². The van der Waals surface area contributed by atoms with Crippen LogP contribution in [0.1, 0.15) is 31.2 Å². The van der Waals surface area contributed by atoms with E-state index >= 15 is 0 Å². The first-order valence-corrected chi connectivity index (χ1v) is 7.29. The molecule has 0 radical (unpaired) electrons. The van der Waals surface area contributed by atoms with Crippen molar-refractivity contribution in [2.24, 2.45) is 11.3 Å². The number of hydrogen-bond acceptors (Lipinski definition) is 2. The van der Waals surface area contributed by atoms with E-state index in [0.29, 0.717) is 24.9 Å². The highest BCUT2D eigenvalue weighted by Gasteiger charge is 2.50. The summed E-state index contributed by atoms with van der Waals surface area (Å²) in [5.41, 5.74) is -0.541. The van der Waals surface area contributed by atoms with Gasteiger partial charge in [-0.2, -0.15) is 0 Å². The summed E-state index contributed by atoms with van der Waals surface area (Å²) in [6.45, 7) is 2.24. The smallest absolute Gasteiger partial charge is 0.311 e. The average Bonchev–Trinajstić information content (AvgIpc) is 3.12. The van der Waals surface area contributed by atoms with Gasteiger partial charge in [-0.05, 0) is 37.3 Å². The average molecular weight is 309 g/mol. The van der Waals surface area contributed by atoms with Crippen LogP contribution in [0.15, 0.2) is 18.2 Å². The van der Waals surface area contributed by atoms with E-state index in [1.54, 1.807) is 11.8 Å². The minimum absolute atomic E-state index is 0.126. The third kappa shape index (κ3) is 2.46. The van der Waals surface area contributed by atoms with E-state index in [1.807, 2.05) is 0 Å². The first kappa shape index (κ1) is 14.9. The van der Waals surface area contributed by atoms with Gasteiger partial charge in [0.1, 0.15) is 11.6 Å². The molecule has 0 unspecified atom stereocenters. The van der Waals surface area contributed by atoms with Gasteiger partial charge in [-0.15, -0.1) is 0 Å². The molecule has 3 rings (SSSR count). The van der Waals surface area contributed by atoms with E-state index in [-0.39, 0.29) is 24.3 Å². The molecule has 2 fully saturated rings. The molecule has 6 heteroatoms. The largest absolute Gasteiger partial charge is 0.481 e. The molecule has 118 valence electrons. The lowest BCUT2D eigenvalue weighted by Gasteiger charge is -2.20. The molecule has 1 amide bonds. The van der Waals surface area contributed by atoms with Crippen molar-refractivity contribution >= 4 is 11.9 Å². The maximum atomic E-state index is 13.7. The SMILES string of the molecule is C[C@]1(C(=O)O)CCN(C(=O)[C@H]2C[C@@H]2c2ccc(F)cc2F)C1. The molecule has 1 aromatic rings. The number of likely N-dealkylation sites (tertiary alicyclic amines) is 1. The van der Waals surface area contributed by atoms with E-state index in [1.165, 1.54) is 12.1 Å². The van der Waals surface area contributed by atoms with E-state index < -0.39 is 23.0 Å². The van der Waals surface area contributed by atoms with Crippen LogP contribution in [0.3, 0.4) is 0 Å². The van der Waals surface area contributed by atoms with Crippen LogP contribution in [-0.2, 0) is 9.59 Å². The summed E-state index contributed by atoms with van der Waals surface area (Å²) < 4.78 is 26.7. The third-order valence-corrected chi connectivity index (χ3v) is 4.77. The lowest BCUT2D eigenvalue weighted by atomic mass is 9.90.